The minimum Gasteiger partial charge on any atom is -0.455 e. The highest BCUT2D eigenvalue weighted by Gasteiger charge is 2.49. The number of hydrogen-bond acceptors (Lipinski definition) is 10. The molecule has 5 atom stereocenters. The fourth-order valence-corrected chi connectivity index (χ4v) is 5.24. The van der Waals surface area contributed by atoms with Gasteiger partial charge < -0.3 is 28.4 Å². The van der Waals surface area contributed by atoms with Crippen molar-refractivity contribution in [3.63, 3.8) is 0 Å². The summed E-state index contributed by atoms with van der Waals surface area (Å²) in [6.07, 6.45) is -0.864. The number of nitriles is 1. The van der Waals surface area contributed by atoms with Crippen LogP contribution in [0.25, 0.3) is 0 Å². The number of aliphatic hydroxyl groups excluding tert-OH is 1. The van der Waals surface area contributed by atoms with Crippen molar-refractivity contribution < 1.29 is 38.0 Å². The van der Waals surface area contributed by atoms with Crippen LogP contribution in [0.1, 0.15) is 86.5 Å². The van der Waals surface area contributed by atoms with Crippen LogP contribution in [0.5, 0.6) is 0 Å². The van der Waals surface area contributed by atoms with E-state index >= 15 is 0 Å². The topological polar surface area (TPSA) is 128 Å². The maximum absolute atomic E-state index is 12.4. The van der Waals surface area contributed by atoms with E-state index in [2.05, 4.69) is 10.7 Å². The Balaban J connectivity index is 3.01. The summed E-state index contributed by atoms with van der Waals surface area (Å²) < 4.78 is 30.8. The van der Waals surface area contributed by atoms with Crippen LogP contribution in [-0.4, -0.2) is 71.6 Å². The highest BCUT2D eigenvalue weighted by molar-refractivity contribution is 7.44. The monoisotopic (exact) mass is 518 g/mol. The number of esters is 2. The van der Waals surface area contributed by atoms with E-state index in [1.165, 1.54) is 0 Å². The first-order valence-corrected chi connectivity index (χ1v) is 13.7. The van der Waals surface area contributed by atoms with Gasteiger partial charge in [0.2, 0.25) is 0 Å². The Morgan fingerprint density at radius 2 is 1.54 bits per heavy atom. The number of nitrogens with zero attached hydrogens (tertiary/aromatic N) is 2. The average Bonchev–Trinajstić information content (AvgIpc) is 3.07. The maximum atomic E-state index is 12.4. The van der Waals surface area contributed by atoms with Crippen molar-refractivity contribution in [2.75, 3.05) is 13.2 Å². The van der Waals surface area contributed by atoms with E-state index in [9.17, 15) is 14.7 Å². The second-order valence-corrected chi connectivity index (χ2v) is 10.5. The van der Waals surface area contributed by atoms with E-state index in [4.69, 9.17) is 28.5 Å². The molecule has 35 heavy (non-hydrogen) atoms. The van der Waals surface area contributed by atoms with E-state index in [0.29, 0.717) is 12.8 Å². The fourth-order valence-electron chi connectivity index (χ4n) is 3.62. The predicted octanol–water partition coefficient (Wildman–Crippen LogP) is 4.20. The molecule has 0 saturated carbocycles. The van der Waals surface area contributed by atoms with E-state index < -0.39 is 45.1 Å². The minimum atomic E-state index is -1.56. The molecule has 0 aromatic heterocycles. The molecular formula is C24H43N2O8P. The number of aliphatic hydroxyl groups is 1. The molecule has 0 radical (unpaired) electrons. The van der Waals surface area contributed by atoms with Crippen LogP contribution in [0.2, 0.25) is 0 Å². The maximum Gasteiger partial charge on any atom is 0.306 e. The standard InChI is InChI=1S/C24H43N2O8P/c1-7-9-12-20(27)33-22-19(32-24(29)23(22)34-21(28)13-10-8-2)16-31-35(30-15-11-14-25)26(17(3)4)18(5)6/h17-19,22-24,29H,7-13,15-16H2,1-6H3/t19?,22-,23-,24?,35?/m1/s1. The zero-order chi connectivity index (χ0) is 26.4. The van der Waals surface area contributed by atoms with Gasteiger partial charge in [-0.25, -0.2) is 4.67 Å². The molecule has 1 fully saturated rings. The molecule has 0 bridgehead atoms. The molecule has 11 heteroatoms. The van der Waals surface area contributed by atoms with Gasteiger partial charge in [-0.2, -0.15) is 5.26 Å². The van der Waals surface area contributed by atoms with Crippen LogP contribution >= 0.6 is 8.53 Å². The Hall–Kier alpha value is -1.34. The van der Waals surface area contributed by atoms with Crippen molar-refractivity contribution in [3.8, 4) is 6.07 Å². The summed E-state index contributed by atoms with van der Waals surface area (Å²) in [4.78, 5) is 24.7. The fraction of sp³-hybridized carbons (Fsp3) is 0.875. The first kappa shape index (κ1) is 31.7. The Bertz CT molecular complexity index is 664. The second-order valence-electron chi connectivity index (χ2n) is 9.02. The molecule has 1 N–H and O–H groups in total. The molecule has 202 valence electrons. The van der Waals surface area contributed by atoms with Crippen LogP contribution in [-0.2, 0) is 32.8 Å². The normalized spacial score (nSPS) is 23.0. The molecule has 3 unspecified atom stereocenters. The second kappa shape index (κ2) is 17.2. The Morgan fingerprint density at radius 3 is 2.03 bits per heavy atom. The Kier molecular flexibility index (Phi) is 15.5. The summed E-state index contributed by atoms with van der Waals surface area (Å²) in [6, 6.07) is 2.26. The lowest BCUT2D eigenvalue weighted by Gasteiger charge is -2.36. The van der Waals surface area contributed by atoms with Gasteiger partial charge in [0.1, 0.15) is 6.10 Å². The van der Waals surface area contributed by atoms with E-state index in [0.717, 1.165) is 12.8 Å². The van der Waals surface area contributed by atoms with Crippen molar-refractivity contribution in [2.45, 2.75) is 123 Å². The van der Waals surface area contributed by atoms with E-state index in [1.54, 1.807) is 0 Å². The molecule has 1 saturated heterocycles. The zero-order valence-electron chi connectivity index (χ0n) is 22.0. The van der Waals surface area contributed by atoms with Crippen molar-refractivity contribution in [1.29, 1.82) is 5.26 Å². The third kappa shape index (κ3) is 11.1. The highest BCUT2D eigenvalue weighted by Crippen LogP contribution is 2.46. The molecule has 0 aliphatic carbocycles. The van der Waals surface area contributed by atoms with Gasteiger partial charge in [-0.1, -0.05) is 26.7 Å². The molecular weight excluding hydrogens is 475 g/mol. The van der Waals surface area contributed by atoms with Gasteiger partial charge >= 0.3 is 11.9 Å². The van der Waals surface area contributed by atoms with Crippen molar-refractivity contribution in [1.82, 2.24) is 4.67 Å². The molecule has 1 heterocycles. The quantitative estimate of drug-likeness (QED) is 0.170. The lowest BCUT2D eigenvalue weighted by atomic mass is 10.1. The first-order valence-electron chi connectivity index (χ1n) is 12.6. The van der Waals surface area contributed by atoms with Gasteiger partial charge in [0.25, 0.3) is 8.53 Å². The molecule has 0 amide bonds. The SMILES string of the molecule is CCCCC(=O)O[C@@H]1C(COP(OCCC#N)N(C(C)C)C(C)C)OC(O)[C@@H]1OC(=O)CCCC. The van der Waals surface area contributed by atoms with Crippen LogP contribution in [0.15, 0.2) is 0 Å². The van der Waals surface area contributed by atoms with E-state index in [1.807, 2.05) is 41.5 Å². The lowest BCUT2D eigenvalue weighted by Crippen LogP contribution is -2.42. The van der Waals surface area contributed by atoms with Gasteiger partial charge in [-0.05, 0) is 40.5 Å². The molecule has 1 rings (SSSR count). The number of unbranched alkanes of at least 4 members (excludes halogenated alkanes) is 2. The van der Waals surface area contributed by atoms with Crippen molar-refractivity contribution >= 4 is 20.5 Å². The summed E-state index contributed by atoms with van der Waals surface area (Å²) in [5.41, 5.74) is 0. The van der Waals surface area contributed by atoms with Gasteiger partial charge in [-0.3, -0.25) is 9.59 Å². The van der Waals surface area contributed by atoms with Crippen molar-refractivity contribution in [2.24, 2.45) is 0 Å². The smallest absolute Gasteiger partial charge is 0.306 e. The largest absolute Gasteiger partial charge is 0.455 e. The van der Waals surface area contributed by atoms with Gasteiger partial charge in [0.05, 0.1) is 25.7 Å². The molecule has 10 nitrogen and oxygen atoms in total. The number of carbonyl (C=O) groups is 2. The summed E-state index contributed by atoms with van der Waals surface area (Å²) in [5, 5.41) is 19.4. The minimum absolute atomic E-state index is 0.0556. The summed E-state index contributed by atoms with van der Waals surface area (Å²) in [5.74, 6) is -0.934. The molecule has 0 spiro atoms. The van der Waals surface area contributed by atoms with Crippen LogP contribution in [0.3, 0.4) is 0 Å². The number of carbonyl (C=O) groups excluding carboxylic acids is 2. The lowest BCUT2D eigenvalue weighted by molar-refractivity contribution is -0.177. The van der Waals surface area contributed by atoms with Crippen LogP contribution < -0.4 is 0 Å². The summed E-state index contributed by atoms with van der Waals surface area (Å²) in [6.45, 7) is 12.2. The molecule has 0 aromatic carbocycles. The third-order valence-corrected chi connectivity index (χ3v) is 7.38. The Morgan fingerprint density at radius 1 is 1.00 bits per heavy atom. The Labute approximate surface area is 211 Å². The molecule has 0 aromatic rings. The number of ether oxygens (including phenoxy) is 3. The van der Waals surface area contributed by atoms with Crippen LogP contribution in [0.4, 0.5) is 0 Å². The zero-order valence-corrected chi connectivity index (χ0v) is 22.9. The highest BCUT2D eigenvalue weighted by atomic mass is 31.2. The van der Waals surface area contributed by atoms with Crippen LogP contribution in [0, 0.1) is 11.3 Å². The summed E-state index contributed by atoms with van der Waals surface area (Å²) in [7, 11) is -1.56. The first-order chi connectivity index (χ1) is 16.7. The van der Waals surface area contributed by atoms with Crippen molar-refractivity contribution in [3.05, 3.63) is 0 Å². The van der Waals surface area contributed by atoms with Gasteiger partial charge in [0, 0.05) is 24.9 Å². The number of hydrogen-bond donors (Lipinski definition) is 1. The molecule has 1 aliphatic heterocycles. The number of rotatable bonds is 17. The molecule has 1 aliphatic rings. The summed E-state index contributed by atoms with van der Waals surface area (Å²) >= 11 is 0. The average molecular weight is 519 g/mol. The van der Waals surface area contributed by atoms with E-state index in [-0.39, 0.29) is 44.6 Å². The predicted molar refractivity (Wildman–Crippen MR) is 131 cm³/mol. The third-order valence-electron chi connectivity index (χ3n) is 5.30. The van der Waals surface area contributed by atoms with Gasteiger partial charge in [-0.15, -0.1) is 0 Å². The van der Waals surface area contributed by atoms with Gasteiger partial charge in [0.15, 0.2) is 18.5 Å².